The predicted octanol–water partition coefficient (Wildman–Crippen LogP) is 2.16. The minimum Gasteiger partial charge on any atom is -0.316 e. The lowest BCUT2D eigenvalue weighted by Gasteiger charge is -2.32. The number of pyridine rings is 1. The standard InChI is InChI=1S/C16H24N4/c1-2-6-18-12-14-4-8-20(9-5-14)13-15-3-7-19-16(10-15)11-17/h3,7,10,14,18H,2,4-6,8-9,12-13H2,1H3. The molecule has 0 saturated carbocycles. The number of hydrogen-bond donors (Lipinski definition) is 1. The minimum absolute atomic E-state index is 0.515. The summed E-state index contributed by atoms with van der Waals surface area (Å²) < 4.78 is 0. The third kappa shape index (κ3) is 4.59. The number of nitriles is 1. The normalized spacial score (nSPS) is 17.0. The van der Waals surface area contributed by atoms with Crippen LogP contribution < -0.4 is 5.32 Å². The van der Waals surface area contributed by atoms with E-state index in [0.717, 1.165) is 38.6 Å². The molecule has 4 heteroatoms. The van der Waals surface area contributed by atoms with Gasteiger partial charge in [0.15, 0.2) is 0 Å². The summed E-state index contributed by atoms with van der Waals surface area (Å²) in [6.07, 6.45) is 5.48. The topological polar surface area (TPSA) is 52.0 Å². The molecule has 1 aliphatic rings. The van der Waals surface area contributed by atoms with Gasteiger partial charge >= 0.3 is 0 Å². The smallest absolute Gasteiger partial charge is 0.140 e. The highest BCUT2D eigenvalue weighted by molar-refractivity contribution is 5.25. The molecule has 0 radical (unpaired) electrons. The largest absolute Gasteiger partial charge is 0.316 e. The van der Waals surface area contributed by atoms with Crippen LogP contribution in [-0.2, 0) is 6.54 Å². The van der Waals surface area contributed by atoms with Gasteiger partial charge in [0.2, 0.25) is 0 Å². The van der Waals surface area contributed by atoms with Crippen LogP contribution in [0.2, 0.25) is 0 Å². The lowest BCUT2D eigenvalue weighted by molar-refractivity contribution is 0.175. The Bertz CT molecular complexity index is 444. The first-order valence-corrected chi connectivity index (χ1v) is 7.60. The molecule has 0 aromatic carbocycles. The fourth-order valence-electron chi connectivity index (χ4n) is 2.72. The van der Waals surface area contributed by atoms with Gasteiger partial charge in [-0.1, -0.05) is 6.92 Å². The molecule has 0 bridgehead atoms. The van der Waals surface area contributed by atoms with Crippen LogP contribution in [0.3, 0.4) is 0 Å². The highest BCUT2D eigenvalue weighted by Crippen LogP contribution is 2.18. The molecular formula is C16H24N4. The van der Waals surface area contributed by atoms with Crippen LogP contribution in [0.15, 0.2) is 18.3 Å². The summed E-state index contributed by atoms with van der Waals surface area (Å²) in [7, 11) is 0. The van der Waals surface area contributed by atoms with Gasteiger partial charge in [0, 0.05) is 12.7 Å². The van der Waals surface area contributed by atoms with Crippen molar-refractivity contribution in [3.05, 3.63) is 29.6 Å². The molecule has 0 amide bonds. The van der Waals surface area contributed by atoms with E-state index in [9.17, 15) is 0 Å². The summed E-state index contributed by atoms with van der Waals surface area (Å²) in [6.45, 7) is 7.75. The average molecular weight is 272 g/mol. The van der Waals surface area contributed by atoms with Gasteiger partial charge < -0.3 is 5.32 Å². The lowest BCUT2D eigenvalue weighted by atomic mass is 9.96. The molecule has 0 spiro atoms. The van der Waals surface area contributed by atoms with E-state index in [1.54, 1.807) is 6.20 Å². The van der Waals surface area contributed by atoms with E-state index in [-0.39, 0.29) is 0 Å². The van der Waals surface area contributed by atoms with E-state index in [1.807, 2.05) is 12.1 Å². The molecule has 1 aromatic rings. The first kappa shape index (κ1) is 15.0. The molecule has 0 unspecified atom stereocenters. The minimum atomic E-state index is 0.515. The third-order valence-corrected chi connectivity index (χ3v) is 3.91. The van der Waals surface area contributed by atoms with Gasteiger partial charge in [0.05, 0.1) is 0 Å². The van der Waals surface area contributed by atoms with E-state index in [1.165, 1.54) is 24.8 Å². The fraction of sp³-hybridized carbons (Fsp3) is 0.625. The van der Waals surface area contributed by atoms with E-state index < -0.39 is 0 Å². The summed E-state index contributed by atoms with van der Waals surface area (Å²) >= 11 is 0. The van der Waals surface area contributed by atoms with Gasteiger partial charge in [-0.05, 0) is 69.1 Å². The molecule has 1 aromatic heterocycles. The van der Waals surface area contributed by atoms with Crippen LogP contribution in [0.4, 0.5) is 0 Å². The van der Waals surface area contributed by atoms with Crippen molar-refractivity contribution < 1.29 is 0 Å². The number of likely N-dealkylation sites (tertiary alicyclic amines) is 1. The number of aromatic nitrogens is 1. The zero-order valence-electron chi connectivity index (χ0n) is 12.3. The second-order valence-corrected chi connectivity index (χ2v) is 5.58. The second kappa shape index (κ2) is 7.98. The van der Waals surface area contributed by atoms with Crippen LogP contribution in [0.1, 0.15) is 37.4 Å². The molecule has 2 heterocycles. The highest BCUT2D eigenvalue weighted by Gasteiger charge is 2.18. The SMILES string of the molecule is CCCNCC1CCN(Cc2ccnc(C#N)c2)CC1. The quantitative estimate of drug-likeness (QED) is 0.806. The van der Waals surface area contributed by atoms with Crippen molar-refractivity contribution in [1.29, 1.82) is 5.26 Å². The van der Waals surface area contributed by atoms with Crippen molar-refractivity contribution in [2.75, 3.05) is 26.2 Å². The van der Waals surface area contributed by atoms with Crippen LogP contribution in [0.5, 0.6) is 0 Å². The van der Waals surface area contributed by atoms with Crippen LogP contribution in [-0.4, -0.2) is 36.1 Å². The summed E-state index contributed by atoms with van der Waals surface area (Å²) in [4.78, 5) is 6.50. The van der Waals surface area contributed by atoms with Crippen molar-refractivity contribution in [1.82, 2.24) is 15.2 Å². The van der Waals surface area contributed by atoms with E-state index in [2.05, 4.69) is 28.2 Å². The number of nitrogens with one attached hydrogen (secondary N) is 1. The first-order valence-electron chi connectivity index (χ1n) is 7.60. The zero-order valence-corrected chi connectivity index (χ0v) is 12.3. The van der Waals surface area contributed by atoms with Gasteiger partial charge in [-0.3, -0.25) is 4.90 Å². The molecule has 0 aliphatic carbocycles. The van der Waals surface area contributed by atoms with Crippen molar-refractivity contribution in [2.24, 2.45) is 5.92 Å². The third-order valence-electron chi connectivity index (χ3n) is 3.91. The van der Waals surface area contributed by atoms with E-state index >= 15 is 0 Å². The molecule has 20 heavy (non-hydrogen) atoms. The van der Waals surface area contributed by atoms with Gasteiger partial charge in [-0.25, -0.2) is 4.98 Å². The lowest BCUT2D eigenvalue weighted by Crippen LogP contribution is -2.37. The maximum atomic E-state index is 8.87. The first-order chi connectivity index (χ1) is 9.81. The second-order valence-electron chi connectivity index (χ2n) is 5.58. The molecule has 108 valence electrons. The number of rotatable bonds is 6. The van der Waals surface area contributed by atoms with E-state index in [4.69, 9.17) is 5.26 Å². The summed E-state index contributed by atoms with van der Waals surface area (Å²) in [6, 6.07) is 6.01. The Hall–Kier alpha value is -1.44. The molecular weight excluding hydrogens is 248 g/mol. The number of hydrogen-bond acceptors (Lipinski definition) is 4. The fourth-order valence-corrected chi connectivity index (χ4v) is 2.72. The molecule has 0 atom stereocenters. The number of nitrogens with zero attached hydrogens (tertiary/aromatic N) is 3. The Labute approximate surface area is 121 Å². The zero-order chi connectivity index (χ0) is 14.2. The summed E-state index contributed by atoms with van der Waals surface area (Å²) in [5.41, 5.74) is 1.71. The Balaban J connectivity index is 1.75. The highest BCUT2D eigenvalue weighted by atomic mass is 15.1. The van der Waals surface area contributed by atoms with Crippen molar-refractivity contribution in [3.63, 3.8) is 0 Å². The Morgan fingerprint density at radius 1 is 1.45 bits per heavy atom. The van der Waals surface area contributed by atoms with Gasteiger partial charge in [-0.2, -0.15) is 5.26 Å². The maximum absolute atomic E-state index is 8.87. The average Bonchev–Trinajstić information content (AvgIpc) is 2.49. The number of piperidine rings is 1. The van der Waals surface area contributed by atoms with Crippen LogP contribution in [0, 0.1) is 17.2 Å². The summed E-state index contributed by atoms with van der Waals surface area (Å²) in [5.74, 6) is 0.824. The Kier molecular flexibility index (Phi) is 5.97. The van der Waals surface area contributed by atoms with Gasteiger partial charge in [0.25, 0.3) is 0 Å². The predicted molar refractivity (Wildman–Crippen MR) is 80.1 cm³/mol. The van der Waals surface area contributed by atoms with Gasteiger partial charge in [0.1, 0.15) is 11.8 Å². The monoisotopic (exact) mass is 272 g/mol. The molecule has 4 nitrogen and oxygen atoms in total. The van der Waals surface area contributed by atoms with Crippen molar-refractivity contribution in [2.45, 2.75) is 32.7 Å². The Morgan fingerprint density at radius 2 is 2.25 bits per heavy atom. The van der Waals surface area contributed by atoms with Crippen LogP contribution in [0.25, 0.3) is 0 Å². The Morgan fingerprint density at radius 3 is 2.95 bits per heavy atom. The molecule has 2 rings (SSSR count). The van der Waals surface area contributed by atoms with Gasteiger partial charge in [-0.15, -0.1) is 0 Å². The molecule has 1 aliphatic heterocycles. The van der Waals surface area contributed by atoms with Crippen molar-refractivity contribution in [3.8, 4) is 6.07 Å². The summed E-state index contributed by atoms with van der Waals surface area (Å²) in [5, 5.41) is 12.4. The van der Waals surface area contributed by atoms with E-state index in [0.29, 0.717) is 5.69 Å². The molecule has 1 fully saturated rings. The molecule has 1 N–H and O–H groups in total. The maximum Gasteiger partial charge on any atom is 0.140 e. The van der Waals surface area contributed by atoms with Crippen molar-refractivity contribution >= 4 is 0 Å². The molecule has 1 saturated heterocycles. The van der Waals surface area contributed by atoms with Crippen LogP contribution >= 0.6 is 0 Å².